The van der Waals surface area contributed by atoms with E-state index < -0.39 is 0 Å². The first kappa shape index (κ1) is 12.5. The van der Waals surface area contributed by atoms with Crippen LogP contribution in [-0.4, -0.2) is 12.5 Å². The Labute approximate surface area is 124 Å². The van der Waals surface area contributed by atoms with Crippen molar-refractivity contribution in [2.24, 2.45) is 5.92 Å². The minimum Gasteiger partial charge on any atom is -0.384 e. The van der Waals surface area contributed by atoms with E-state index in [1.165, 1.54) is 16.8 Å². The maximum Gasteiger partial charge on any atom is 0.228 e. The Balaban J connectivity index is 1.43. The molecule has 2 aromatic rings. The Hall–Kier alpha value is -2.29. The van der Waals surface area contributed by atoms with Gasteiger partial charge in [0.15, 0.2) is 0 Å². The molecule has 2 atom stereocenters. The molecule has 3 nitrogen and oxygen atoms in total. The van der Waals surface area contributed by atoms with Crippen molar-refractivity contribution < 1.29 is 4.79 Å². The lowest BCUT2D eigenvalue weighted by Crippen LogP contribution is -2.14. The van der Waals surface area contributed by atoms with Gasteiger partial charge in [0.05, 0.1) is 0 Å². The van der Waals surface area contributed by atoms with E-state index in [-0.39, 0.29) is 11.8 Å². The summed E-state index contributed by atoms with van der Waals surface area (Å²) < 4.78 is 0. The van der Waals surface area contributed by atoms with Gasteiger partial charge in [0, 0.05) is 23.8 Å². The lowest BCUT2D eigenvalue weighted by Gasteiger charge is -2.07. The Bertz CT molecular complexity index is 681. The van der Waals surface area contributed by atoms with Gasteiger partial charge in [-0.15, -0.1) is 0 Å². The predicted molar refractivity (Wildman–Crippen MR) is 84.6 cm³/mol. The first-order valence-electron chi connectivity index (χ1n) is 7.54. The second-order valence-electron chi connectivity index (χ2n) is 5.90. The standard InChI is InChI=1S/C18H18N2O/c21-18(16-11-15(16)12-4-2-1-3-5-12)20-14-6-7-17-13(10-14)8-9-19-17/h1-7,10,15-16,19H,8-9,11H2,(H,20,21). The summed E-state index contributed by atoms with van der Waals surface area (Å²) in [7, 11) is 0. The molecule has 0 aromatic heterocycles. The van der Waals surface area contributed by atoms with E-state index in [1.807, 2.05) is 24.3 Å². The lowest BCUT2D eigenvalue weighted by atomic mass is 10.1. The summed E-state index contributed by atoms with van der Waals surface area (Å²) >= 11 is 0. The van der Waals surface area contributed by atoms with Crippen LogP contribution in [0.15, 0.2) is 48.5 Å². The van der Waals surface area contributed by atoms with Gasteiger partial charge in [-0.2, -0.15) is 0 Å². The zero-order chi connectivity index (χ0) is 14.2. The molecule has 1 fully saturated rings. The van der Waals surface area contributed by atoms with Crippen LogP contribution >= 0.6 is 0 Å². The summed E-state index contributed by atoms with van der Waals surface area (Å²) in [4.78, 5) is 12.3. The molecule has 0 bridgehead atoms. The fourth-order valence-corrected chi connectivity index (χ4v) is 3.17. The number of rotatable bonds is 3. The van der Waals surface area contributed by atoms with E-state index in [4.69, 9.17) is 0 Å². The summed E-state index contributed by atoms with van der Waals surface area (Å²) in [5.74, 6) is 0.663. The molecule has 0 spiro atoms. The summed E-state index contributed by atoms with van der Waals surface area (Å²) in [6.45, 7) is 0.992. The van der Waals surface area contributed by atoms with Crippen LogP contribution < -0.4 is 10.6 Å². The van der Waals surface area contributed by atoms with Gasteiger partial charge < -0.3 is 10.6 Å². The first-order valence-corrected chi connectivity index (χ1v) is 7.54. The van der Waals surface area contributed by atoms with E-state index in [1.54, 1.807) is 0 Å². The van der Waals surface area contributed by atoms with Crippen LogP contribution in [0.5, 0.6) is 0 Å². The number of nitrogens with one attached hydrogen (secondary N) is 2. The highest BCUT2D eigenvalue weighted by atomic mass is 16.2. The molecule has 2 unspecified atom stereocenters. The zero-order valence-electron chi connectivity index (χ0n) is 11.8. The van der Waals surface area contributed by atoms with Crippen molar-refractivity contribution in [2.75, 3.05) is 17.2 Å². The fourth-order valence-electron chi connectivity index (χ4n) is 3.17. The second kappa shape index (κ2) is 4.92. The summed E-state index contributed by atoms with van der Waals surface area (Å²) in [6, 6.07) is 16.4. The van der Waals surface area contributed by atoms with Crippen molar-refractivity contribution in [3.63, 3.8) is 0 Å². The quantitative estimate of drug-likeness (QED) is 0.903. The van der Waals surface area contributed by atoms with Gasteiger partial charge in [-0.25, -0.2) is 0 Å². The Morgan fingerprint density at radius 3 is 2.86 bits per heavy atom. The highest BCUT2D eigenvalue weighted by molar-refractivity contribution is 5.95. The average Bonchev–Trinajstić information content (AvgIpc) is 3.19. The van der Waals surface area contributed by atoms with Gasteiger partial charge in [0.25, 0.3) is 0 Å². The van der Waals surface area contributed by atoms with Crippen molar-refractivity contribution in [3.8, 4) is 0 Å². The number of fused-ring (bicyclic) bond motifs is 1. The van der Waals surface area contributed by atoms with Gasteiger partial charge in [-0.3, -0.25) is 4.79 Å². The maximum absolute atomic E-state index is 12.3. The number of carbonyl (C=O) groups excluding carboxylic acids is 1. The van der Waals surface area contributed by atoms with E-state index in [0.717, 1.165) is 25.1 Å². The predicted octanol–water partition coefficient (Wildman–Crippen LogP) is 3.40. The van der Waals surface area contributed by atoms with Crippen LogP contribution in [0.25, 0.3) is 0 Å². The van der Waals surface area contributed by atoms with Crippen LogP contribution in [0.1, 0.15) is 23.5 Å². The lowest BCUT2D eigenvalue weighted by molar-refractivity contribution is -0.117. The second-order valence-corrected chi connectivity index (χ2v) is 5.90. The minimum absolute atomic E-state index is 0.124. The first-order chi connectivity index (χ1) is 10.3. The molecule has 106 valence electrons. The molecule has 2 aromatic carbocycles. The normalized spacial score (nSPS) is 22.3. The Morgan fingerprint density at radius 1 is 1.14 bits per heavy atom. The van der Waals surface area contributed by atoms with Gasteiger partial charge in [-0.1, -0.05) is 30.3 Å². The average molecular weight is 278 g/mol. The zero-order valence-corrected chi connectivity index (χ0v) is 11.8. The third kappa shape index (κ3) is 2.40. The van der Waals surface area contributed by atoms with Crippen molar-refractivity contribution >= 4 is 17.3 Å². The Morgan fingerprint density at radius 2 is 2.00 bits per heavy atom. The van der Waals surface area contributed by atoms with E-state index in [9.17, 15) is 4.79 Å². The third-order valence-corrected chi connectivity index (χ3v) is 4.44. The van der Waals surface area contributed by atoms with Crippen LogP contribution in [0.2, 0.25) is 0 Å². The molecule has 4 rings (SSSR count). The maximum atomic E-state index is 12.3. The number of carbonyl (C=O) groups is 1. The van der Waals surface area contributed by atoms with Crippen molar-refractivity contribution in [3.05, 3.63) is 59.7 Å². The van der Waals surface area contributed by atoms with Gasteiger partial charge >= 0.3 is 0 Å². The van der Waals surface area contributed by atoms with Gasteiger partial charge in [-0.05, 0) is 48.1 Å². The van der Waals surface area contributed by atoms with E-state index in [2.05, 4.69) is 34.9 Å². The van der Waals surface area contributed by atoms with Crippen LogP contribution in [0, 0.1) is 5.92 Å². The van der Waals surface area contributed by atoms with Crippen molar-refractivity contribution in [2.45, 2.75) is 18.8 Å². The minimum atomic E-state index is 0.124. The smallest absolute Gasteiger partial charge is 0.228 e. The Kier molecular flexibility index (Phi) is 2.92. The number of hydrogen-bond acceptors (Lipinski definition) is 2. The molecule has 1 amide bonds. The fraction of sp³-hybridized carbons (Fsp3) is 0.278. The molecule has 3 heteroatoms. The largest absolute Gasteiger partial charge is 0.384 e. The van der Waals surface area contributed by atoms with E-state index in [0.29, 0.717) is 5.92 Å². The van der Waals surface area contributed by atoms with Crippen molar-refractivity contribution in [1.82, 2.24) is 0 Å². The van der Waals surface area contributed by atoms with Gasteiger partial charge in [0.1, 0.15) is 0 Å². The molecule has 21 heavy (non-hydrogen) atoms. The molecular weight excluding hydrogens is 260 g/mol. The molecule has 0 saturated heterocycles. The molecule has 1 aliphatic heterocycles. The van der Waals surface area contributed by atoms with Crippen molar-refractivity contribution in [1.29, 1.82) is 0 Å². The molecular formula is C18H18N2O. The summed E-state index contributed by atoms with van der Waals surface area (Å²) in [5, 5.41) is 6.40. The highest BCUT2D eigenvalue weighted by Crippen LogP contribution is 2.47. The van der Waals surface area contributed by atoms with Crippen LogP contribution in [-0.2, 0) is 11.2 Å². The number of benzene rings is 2. The number of anilines is 2. The molecule has 1 saturated carbocycles. The molecule has 0 radical (unpaired) electrons. The molecule has 1 aliphatic carbocycles. The summed E-state index contributed by atoms with van der Waals surface area (Å²) in [6.07, 6.45) is 2.00. The monoisotopic (exact) mass is 278 g/mol. The highest BCUT2D eigenvalue weighted by Gasteiger charge is 2.43. The number of amides is 1. The molecule has 1 heterocycles. The molecule has 2 N–H and O–H groups in total. The van der Waals surface area contributed by atoms with E-state index >= 15 is 0 Å². The van der Waals surface area contributed by atoms with Gasteiger partial charge in [0.2, 0.25) is 5.91 Å². The SMILES string of the molecule is O=C(Nc1ccc2c(c1)CCN2)C1CC1c1ccccc1. The number of hydrogen-bond donors (Lipinski definition) is 2. The molecule has 2 aliphatic rings. The summed E-state index contributed by atoms with van der Waals surface area (Å²) in [5.41, 5.74) is 4.68. The topological polar surface area (TPSA) is 41.1 Å². The van der Waals surface area contributed by atoms with Crippen LogP contribution in [0.3, 0.4) is 0 Å². The van der Waals surface area contributed by atoms with Crippen LogP contribution in [0.4, 0.5) is 11.4 Å². The third-order valence-electron chi connectivity index (χ3n) is 4.44.